The van der Waals surface area contributed by atoms with Gasteiger partial charge in [0.2, 0.25) is 0 Å². The highest BCUT2D eigenvalue weighted by atomic mass is 16.5. The van der Waals surface area contributed by atoms with Crippen molar-refractivity contribution in [2.45, 2.75) is 77.3 Å². The quantitative estimate of drug-likeness (QED) is 0.285. The van der Waals surface area contributed by atoms with Crippen LogP contribution in [0.3, 0.4) is 0 Å². The molecule has 7 heteroatoms. The minimum Gasteiger partial charge on any atom is -0.489 e. The Morgan fingerprint density at radius 2 is 1.79 bits per heavy atom. The van der Waals surface area contributed by atoms with Gasteiger partial charge in [-0.15, -0.1) is 0 Å². The summed E-state index contributed by atoms with van der Waals surface area (Å²) in [5.41, 5.74) is 4.16. The average molecular weight is 521 g/mol. The maximum atomic E-state index is 13.4. The molecule has 7 nitrogen and oxygen atoms in total. The van der Waals surface area contributed by atoms with Gasteiger partial charge in [0.25, 0.3) is 5.91 Å². The second-order valence-electron chi connectivity index (χ2n) is 10.2. The van der Waals surface area contributed by atoms with Crippen molar-refractivity contribution < 1.29 is 23.8 Å². The third kappa shape index (κ3) is 7.23. The Morgan fingerprint density at radius 1 is 1.05 bits per heavy atom. The van der Waals surface area contributed by atoms with Gasteiger partial charge in [-0.25, -0.2) is 0 Å². The van der Waals surface area contributed by atoms with Crippen LogP contribution in [0, 0.1) is 0 Å². The number of hydrogen-bond donors (Lipinski definition) is 1. The summed E-state index contributed by atoms with van der Waals surface area (Å²) in [6.45, 7) is 5.73. The number of methoxy groups -OCH3 is 1. The Labute approximate surface area is 226 Å². The van der Waals surface area contributed by atoms with E-state index in [1.54, 1.807) is 0 Å². The molecule has 0 unspecified atom stereocenters. The molecule has 2 aromatic carbocycles. The summed E-state index contributed by atoms with van der Waals surface area (Å²) in [6, 6.07) is 17.5. The molecule has 2 atom stereocenters. The zero-order chi connectivity index (χ0) is 26.9. The van der Waals surface area contributed by atoms with Crippen LogP contribution in [0.25, 0.3) is 0 Å². The van der Waals surface area contributed by atoms with Crippen LogP contribution in [0.2, 0.25) is 0 Å². The Kier molecular flexibility index (Phi) is 9.96. The molecular weight excluding hydrogens is 480 g/mol. The van der Waals surface area contributed by atoms with E-state index in [2.05, 4.69) is 5.32 Å². The number of nitrogens with zero attached hydrogens (tertiary/aromatic N) is 1. The normalized spacial score (nSPS) is 18.1. The van der Waals surface area contributed by atoms with Gasteiger partial charge in [-0.05, 0) is 74.8 Å². The largest absolute Gasteiger partial charge is 0.489 e. The van der Waals surface area contributed by atoms with E-state index in [1.807, 2.05) is 73.3 Å². The zero-order valence-corrected chi connectivity index (χ0v) is 22.8. The maximum Gasteiger partial charge on any atom is 0.307 e. The molecule has 0 saturated carbocycles. The first-order valence-electron chi connectivity index (χ1n) is 13.7. The molecule has 1 heterocycles. The van der Waals surface area contributed by atoms with E-state index >= 15 is 0 Å². The molecule has 0 aromatic heterocycles. The number of hydrogen-bond acceptors (Lipinski definition) is 6. The summed E-state index contributed by atoms with van der Waals surface area (Å²) in [5.74, 6) is 0.573. The van der Waals surface area contributed by atoms with Crippen molar-refractivity contribution in [1.82, 2.24) is 10.2 Å². The fourth-order valence-electron chi connectivity index (χ4n) is 5.18. The molecule has 0 spiro atoms. The summed E-state index contributed by atoms with van der Waals surface area (Å²) in [5, 5.41) is 3.67. The first-order valence-corrected chi connectivity index (χ1v) is 13.7. The topological polar surface area (TPSA) is 77.1 Å². The number of benzene rings is 2. The van der Waals surface area contributed by atoms with Gasteiger partial charge in [0.05, 0.1) is 19.6 Å². The highest BCUT2D eigenvalue weighted by Gasteiger charge is 2.40. The lowest BCUT2D eigenvalue weighted by Gasteiger charge is -2.32. The third-order valence-electron chi connectivity index (χ3n) is 7.15. The van der Waals surface area contributed by atoms with Crippen molar-refractivity contribution in [3.8, 4) is 5.75 Å². The molecule has 1 amide bonds. The Morgan fingerprint density at radius 3 is 2.50 bits per heavy atom. The number of carbonyl (C=O) groups is 2. The van der Waals surface area contributed by atoms with Crippen molar-refractivity contribution in [3.63, 3.8) is 0 Å². The molecule has 0 radical (unpaired) electrons. The number of nitrogens with one attached hydrogen (secondary N) is 1. The van der Waals surface area contributed by atoms with Crippen molar-refractivity contribution in [2.24, 2.45) is 0 Å². The van der Waals surface area contributed by atoms with E-state index in [0.717, 1.165) is 54.6 Å². The molecule has 4 rings (SSSR count). The SMILES string of the molecule is COC(=O)C[C@H](N[C@H]1C2=C(CCCC2)C(=O)N1CCCOC(C)C)c1ccc(OCc2ccccc2)cc1. The number of rotatable bonds is 13. The number of carbonyl (C=O) groups excluding carboxylic acids is 2. The monoisotopic (exact) mass is 520 g/mol. The van der Waals surface area contributed by atoms with Crippen molar-refractivity contribution in [1.29, 1.82) is 0 Å². The van der Waals surface area contributed by atoms with Gasteiger partial charge in [-0.1, -0.05) is 42.5 Å². The van der Waals surface area contributed by atoms with Gasteiger partial charge in [0.1, 0.15) is 18.5 Å². The van der Waals surface area contributed by atoms with Crippen LogP contribution in [0.4, 0.5) is 0 Å². The highest BCUT2D eigenvalue weighted by molar-refractivity contribution is 5.97. The minimum atomic E-state index is -0.313. The molecular formula is C31H40N2O5. The molecule has 2 aromatic rings. The van der Waals surface area contributed by atoms with E-state index in [0.29, 0.717) is 19.8 Å². The molecule has 38 heavy (non-hydrogen) atoms. The molecule has 0 fully saturated rings. The molecule has 2 aliphatic rings. The van der Waals surface area contributed by atoms with Crippen LogP contribution in [0.15, 0.2) is 65.7 Å². The van der Waals surface area contributed by atoms with Crippen molar-refractivity contribution >= 4 is 11.9 Å². The number of amides is 1. The smallest absolute Gasteiger partial charge is 0.307 e. The van der Waals surface area contributed by atoms with E-state index in [-0.39, 0.29) is 36.6 Å². The lowest BCUT2D eigenvalue weighted by Crippen LogP contribution is -2.47. The Balaban J connectivity index is 1.50. The Bertz CT molecular complexity index is 1100. The van der Waals surface area contributed by atoms with E-state index < -0.39 is 0 Å². The number of ether oxygens (including phenoxy) is 3. The summed E-state index contributed by atoms with van der Waals surface area (Å²) in [4.78, 5) is 27.7. The molecule has 0 bridgehead atoms. The maximum absolute atomic E-state index is 13.4. The van der Waals surface area contributed by atoms with Gasteiger partial charge in [-0.3, -0.25) is 14.9 Å². The van der Waals surface area contributed by atoms with Crippen LogP contribution >= 0.6 is 0 Å². The predicted octanol–water partition coefficient (Wildman–Crippen LogP) is 5.31. The molecule has 1 aliphatic heterocycles. The first kappa shape index (κ1) is 27.9. The summed E-state index contributed by atoms with van der Waals surface area (Å²) in [7, 11) is 1.40. The third-order valence-corrected chi connectivity index (χ3v) is 7.15. The van der Waals surface area contributed by atoms with Crippen LogP contribution in [0.1, 0.15) is 69.5 Å². The van der Waals surface area contributed by atoms with E-state index in [4.69, 9.17) is 14.2 Å². The van der Waals surface area contributed by atoms with Gasteiger partial charge in [0, 0.05) is 24.8 Å². The van der Waals surface area contributed by atoms with E-state index in [1.165, 1.54) is 12.7 Å². The van der Waals surface area contributed by atoms with Gasteiger partial charge < -0.3 is 19.1 Å². The fourth-order valence-corrected chi connectivity index (χ4v) is 5.18. The summed E-state index contributed by atoms with van der Waals surface area (Å²) in [6.07, 6.45) is 4.68. The average Bonchev–Trinajstić information content (AvgIpc) is 3.20. The summed E-state index contributed by atoms with van der Waals surface area (Å²) < 4.78 is 16.7. The highest BCUT2D eigenvalue weighted by Crippen LogP contribution is 2.37. The van der Waals surface area contributed by atoms with E-state index in [9.17, 15) is 9.59 Å². The van der Waals surface area contributed by atoms with Gasteiger partial charge >= 0.3 is 5.97 Å². The lowest BCUT2D eigenvalue weighted by molar-refractivity contribution is -0.141. The number of esters is 1. The first-order chi connectivity index (χ1) is 18.5. The molecule has 204 valence electrons. The molecule has 0 saturated heterocycles. The van der Waals surface area contributed by atoms with Crippen LogP contribution in [0.5, 0.6) is 5.75 Å². The van der Waals surface area contributed by atoms with Crippen molar-refractivity contribution in [3.05, 3.63) is 76.9 Å². The Hall–Kier alpha value is -3.16. The minimum absolute atomic E-state index is 0.114. The fraction of sp³-hybridized carbons (Fsp3) is 0.484. The zero-order valence-electron chi connectivity index (χ0n) is 22.8. The summed E-state index contributed by atoms with van der Waals surface area (Å²) >= 11 is 0. The van der Waals surface area contributed by atoms with Gasteiger partial charge in [0.15, 0.2) is 0 Å². The van der Waals surface area contributed by atoms with Crippen LogP contribution in [-0.2, 0) is 25.7 Å². The van der Waals surface area contributed by atoms with Crippen LogP contribution < -0.4 is 10.1 Å². The predicted molar refractivity (Wildman–Crippen MR) is 146 cm³/mol. The second-order valence-corrected chi connectivity index (χ2v) is 10.2. The second kappa shape index (κ2) is 13.6. The molecule has 1 N–H and O–H groups in total. The van der Waals surface area contributed by atoms with Gasteiger partial charge in [-0.2, -0.15) is 0 Å². The standard InChI is InChI=1S/C31H40N2O5/c1-22(2)37-19-9-18-33-30(26-12-7-8-13-27(26)31(33)35)32-28(20-29(34)36-3)24-14-16-25(17-15-24)38-21-23-10-5-4-6-11-23/h4-6,10-11,14-17,22,28,30,32H,7-9,12-13,18-21H2,1-3H3/t28-,30+/m0/s1. The molecule has 1 aliphatic carbocycles. The van der Waals surface area contributed by atoms with Crippen LogP contribution in [-0.4, -0.2) is 49.3 Å². The lowest BCUT2D eigenvalue weighted by atomic mass is 9.92. The van der Waals surface area contributed by atoms with Crippen molar-refractivity contribution in [2.75, 3.05) is 20.3 Å².